The fraction of sp³-hybridized carbons (Fsp3) is 0.478. The molecule has 0 amide bonds. The van der Waals surface area contributed by atoms with Crippen molar-refractivity contribution in [1.82, 2.24) is 9.80 Å². The summed E-state index contributed by atoms with van der Waals surface area (Å²) in [6.45, 7) is 6.81. The summed E-state index contributed by atoms with van der Waals surface area (Å²) in [5, 5.41) is 0. The number of rotatable bonds is 2. The van der Waals surface area contributed by atoms with Gasteiger partial charge in [0.25, 0.3) is 0 Å². The van der Waals surface area contributed by atoms with Crippen molar-refractivity contribution < 1.29 is 17.6 Å². The summed E-state index contributed by atoms with van der Waals surface area (Å²) in [5.41, 5.74) is 1.98. The Morgan fingerprint density at radius 2 is 1.66 bits per heavy atom. The molecule has 0 N–H and O–H groups in total. The monoisotopic (exact) mass is 406 g/mol. The lowest BCUT2D eigenvalue weighted by molar-refractivity contribution is -0.137. The highest BCUT2D eigenvalue weighted by Crippen LogP contribution is 2.49. The second-order valence-electron chi connectivity index (χ2n) is 8.90. The van der Waals surface area contributed by atoms with Crippen molar-refractivity contribution in [3.8, 4) is 0 Å². The quantitative estimate of drug-likeness (QED) is 0.612. The van der Waals surface area contributed by atoms with E-state index in [-0.39, 0.29) is 23.3 Å². The lowest BCUT2D eigenvalue weighted by Gasteiger charge is -2.47. The molecule has 0 bridgehead atoms. The highest BCUT2D eigenvalue weighted by atomic mass is 19.4. The number of likely N-dealkylation sites (N-methyl/N-ethyl adjacent to an activating group) is 1. The Bertz CT molecular complexity index is 889. The Hall–Kier alpha value is -1.92. The first-order chi connectivity index (χ1) is 13.6. The van der Waals surface area contributed by atoms with Crippen molar-refractivity contribution in [2.24, 2.45) is 0 Å². The van der Waals surface area contributed by atoms with Gasteiger partial charge < -0.3 is 0 Å². The van der Waals surface area contributed by atoms with E-state index in [1.54, 1.807) is 18.2 Å². The number of nitrogens with zero attached hydrogens (tertiary/aromatic N) is 2. The van der Waals surface area contributed by atoms with Crippen LogP contribution in [-0.4, -0.2) is 42.0 Å². The van der Waals surface area contributed by atoms with Crippen LogP contribution in [0.4, 0.5) is 17.6 Å². The highest BCUT2D eigenvalue weighted by molar-refractivity contribution is 5.47. The Morgan fingerprint density at radius 3 is 2.28 bits per heavy atom. The van der Waals surface area contributed by atoms with Crippen molar-refractivity contribution in [2.45, 2.75) is 43.9 Å². The third-order valence-electron chi connectivity index (χ3n) is 6.67. The molecule has 2 atom stereocenters. The average Bonchev–Trinajstić information content (AvgIpc) is 3.03. The first-order valence-electron chi connectivity index (χ1n) is 9.98. The molecule has 4 rings (SSSR count). The maximum atomic E-state index is 13.4. The normalized spacial score (nSPS) is 25.2. The molecule has 6 heteroatoms. The Balaban J connectivity index is 1.74. The van der Waals surface area contributed by atoms with Gasteiger partial charge in [0, 0.05) is 37.1 Å². The van der Waals surface area contributed by atoms with E-state index < -0.39 is 11.7 Å². The van der Waals surface area contributed by atoms with Crippen LogP contribution in [0.5, 0.6) is 0 Å². The molecule has 156 valence electrons. The van der Waals surface area contributed by atoms with E-state index in [9.17, 15) is 17.6 Å². The van der Waals surface area contributed by atoms with Gasteiger partial charge in [0.1, 0.15) is 5.82 Å². The Kier molecular flexibility index (Phi) is 4.98. The minimum Gasteiger partial charge on any atom is -0.299 e. The summed E-state index contributed by atoms with van der Waals surface area (Å²) in [4.78, 5) is 4.62. The van der Waals surface area contributed by atoms with Gasteiger partial charge in [-0.1, -0.05) is 18.2 Å². The number of halogens is 4. The fourth-order valence-corrected chi connectivity index (χ4v) is 4.73. The van der Waals surface area contributed by atoms with E-state index in [0.29, 0.717) is 6.42 Å². The SMILES string of the molecule is CN1CCN(C2CC(c3ccc(F)cc3)c3ccc(C(F)(F)F)cc32)CC1(C)C. The molecule has 1 aliphatic heterocycles. The number of piperazine rings is 1. The van der Waals surface area contributed by atoms with E-state index in [4.69, 9.17) is 0 Å². The Labute approximate surface area is 169 Å². The first-order valence-corrected chi connectivity index (χ1v) is 9.98. The molecular formula is C23H26F4N2. The van der Waals surface area contributed by atoms with Crippen molar-refractivity contribution in [3.63, 3.8) is 0 Å². The topological polar surface area (TPSA) is 6.48 Å². The highest BCUT2D eigenvalue weighted by Gasteiger charge is 2.42. The van der Waals surface area contributed by atoms with Gasteiger partial charge in [-0.15, -0.1) is 0 Å². The summed E-state index contributed by atoms with van der Waals surface area (Å²) in [6.07, 6.45) is -3.66. The minimum atomic E-state index is -4.37. The third-order valence-corrected chi connectivity index (χ3v) is 6.67. The molecule has 1 fully saturated rings. The van der Waals surface area contributed by atoms with E-state index >= 15 is 0 Å². The van der Waals surface area contributed by atoms with Crippen molar-refractivity contribution in [2.75, 3.05) is 26.7 Å². The van der Waals surface area contributed by atoms with Crippen molar-refractivity contribution >= 4 is 0 Å². The molecule has 0 spiro atoms. The van der Waals surface area contributed by atoms with Gasteiger partial charge in [0.15, 0.2) is 0 Å². The summed E-state index contributed by atoms with van der Waals surface area (Å²) >= 11 is 0. The maximum absolute atomic E-state index is 13.4. The molecule has 2 nitrogen and oxygen atoms in total. The summed E-state index contributed by atoms with van der Waals surface area (Å²) in [7, 11) is 2.09. The lowest BCUT2D eigenvalue weighted by atomic mass is 9.92. The first kappa shape index (κ1) is 20.4. The van der Waals surface area contributed by atoms with E-state index in [2.05, 4.69) is 30.7 Å². The largest absolute Gasteiger partial charge is 0.416 e. The van der Waals surface area contributed by atoms with Gasteiger partial charge in [-0.05, 0) is 68.3 Å². The standard InChI is InChI=1S/C23H26F4N2/c1-22(2)14-29(11-10-28(22)3)21-13-19(15-4-7-17(24)8-5-15)18-9-6-16(12-20(18)21)23(25,26)27/h4-9,12,19,21H,10-11,13-14H2,1-3H3. The molecule has 2 unspecified atom stereocenters. The summed E-state index contributed by atoms with van der Waals surface area (Å²) < 4.78 is 53.6. The van der Waals surface area contributed by atoms with Crippen LogP contribution < -0.4 is 0 Å². The van der Waals surface area contributed by atoms with Crippen LogP contribution in [0.25, 0.3) is 0 Å². The number of fused-ring (bicyclic) bond motifs is 1. The van der Waals surface area contributed by atoms with Gasteiger partial charge in [0.05, 0.1) is 5.56 Å². The van der Waals surface area contributed by atoms with Gasteiger partial charge >= 0.3 is 6.18 Å². The number of hydrogen-bond acceptors (Lipinski definition) is 2. The fourth-order valence-electron chi connectivity index (χ4n) is 4.73. The third kappa shape index (κ3) is 3.80. The van der Waals surface area contributed by atoms with Crippen LogP contribution in [0.3, 0.4) is 0 Å². The Morgan fingerprint density at radius 1 is 0.966 bits per heavy atom. The molecule has 2 aromatic carbocycles. The second-order valence-corrected chi connectivity index (χ2v) is 8.90. The predicted octanol–water partition coefficient (Wildman–Crippen LogP) is 5.45. The van der Waals surface area contributed by atoms with Gasteiger partial charge in [-0.25, -0.2) is 4.39 Å². The van der Waals surface area contributed by atoms with Gasteiger partial charge in [0.2, 0.25) is 0 Å². The van der Waals surface area contributed by atoms with Crippen LogP contribution in [0.15, 0.2) is 42.5 Å². The van der Waals surface area contributed by atoms with E-state index in [1.807, 2.05) is 0 Å². The molecule has 0 saturated carbocycles. The zero-order chi connectivity index (χ0) is 21.0. The van der Waals surface area contributed by atoms with Crippen LogP contribution in [-0.2, 0) is 6.18 Å². The van der Waals surface area contributed by atoms with E-state index in [0.717, 1.165) is 36.3 Å². The molecule has 1 aliphatic carbocycles. The van der Waals surface area contributed by atoms with Gasteiger partial charge in [-0.3, -0.25) is 9.80 Å². The lowest BCUT2D eigenvalue weighted by Crippen LogP contribution is -2.58. The molecule has 2 aromatic rings. The van der Waals surface area contributed by atoms with Crippen LogP contribution in [0, 0.1) is 5.82 Å². The van der Waals surface area contributed by atoms with Crippen LogP contribution >= 0.6 is 0 Å². The minimum absolute atomic E-state index is 0.0272. The van der Waals surface area contributed by atoms with Crippen LogP contribution in [0.1, 0.15) is 54.5 Å². The molecule has 1 heterocycles. The summed E-state index contributed by atoms with van der Waals surface area (Å²) in [5.74, 6) is -0.336. The molecule has 0 aromatic heterocycles. The molecule has 29 heavy (non-hydrogen) atoms. The number of hydrogen-bond donors (Lipinski definition) is 0. The molecule has 1 saturated heterocycles. The smallest absolute Gasteiger partial charge is 0.299 e. The number of benzene rings is 2. The van der Waals surface area contributed by atoms with Gasteiger partial charge in [-0.2, -0.15) is 13.2 Å². The van der Waals surface area contributed by atoms with E-state index in [1.165, 1.54) is 24.3 Å². The molecular weight excluding hydrogens is 380 g/mol. The zero-order valence-electron chi connectivity index (χ0n) is 16.9. The van der Waals surface area contributed by atoms with Crippen molar-refractivity contribution in [1.29, 1.82) is 0 Å². The van der Waals surface area contributed by atoms with Crippen molar-refractivity contribution in [3.05, 3.63) is 70.5 Å². The predicted molar refractivity (Wildman–Crippen MR) is 105 cm³/mol. The second kappa shape index (κ2) is 7.10. The van der Waals surface area contributed by atoms with Crippen LogP contribution in [0.2, 0.25) is 0 Å². The zero-order valence-corrected chi connectivity index (χ0v) is 16.9. The molecule has 2 aliphatic rings. The molecule has 0 radical (unpaired) electrons. The summed E-state index contributed by atoms with van der Waals surface area (Å²) in [6, 6.07) is 10.4. The number of alkyl halides is 3. The maximum Gasteiger partial charge on any atom is 0.416 e. The average molecular weight is 406 g/mol.